The van der Waals surface area contributed by atoms with Crippen LogP contribution in [0.3, 0.4) is 0 Å². The van der Waals surface area contributed by atoms with Crippen molar-refractivity contribution in [2.24, 2.45) is 11.8 Å². The normalized spacial score (nSPS) is 20.1. The summed E-state index contributed by atoms with van der Waals surface area (Å²) >= 11 is 0. The lowest BCUT2D eigenvalue weighted by atomic mass is 9.94. The Morgan fingerprint density at radius 2 is 2.00 bits per heavy atom. The van der Waals surface area contributed by atoms with Gasteiger partial charge in [0.2, 0.25) is 15.9 Å². The molecule has 1 aliphatic rings. The predicted octanol–water partition coefficient (Wildman–Crippen LogP) is 2.22. The van der Waals surface area contributed by atoms with Gasteiger partial charge in [-0.3, -0.25) is 9.52 Å². The first-order chi connectivity index (χ1) is 8.48. The molecule has 0 spiro atoms. The van der Waals surface area contributed by atoms with Gasteiger partial charge in [-0.05, 0) is 25.2 Å². The van der Waals surface area contributed by atoms with Crippen LogP contribution in [0.2, 0.25) is 0 Å². The summed E-state index contributed by atoms with van der Waals surface area (Å²) < 4.78 is 25.9. The van der Waals surface area contributed by atoms with Crippen LogP contribution in [-0.2, 0) is 14.8 Å². The van der Waals surface area contributed by atoms with Crippen LogP contribution < -0.4 is 4.72 Å². The average molecular weight is 273 g/mol. The Morgan fingerprint density at radius 1 is 1.33 bits per heavy atom. The fraction of sp³-hybridized carbons (Fsp3) is 0.769. The molecule has 0 aromatic carbocycles. The van der Waals surface area contributed by atoms with Crippen molar-refractivity contribution in [2.75, 3.05) is 5.75 Å². The summed E-state index contributed by atoms with van der Waals surface area (Å²) in [6, 6.07) is 0. The Bertz CT molecular complexity index is 396. The minimum Gasteiger partial charge on any atom is -0.274 e. The smallest absolute Gasteiger partial charge is 0.236 e. The second-order valence-electron chi connectivity index (χ2n) is 4.91. The van der Waals surface area contributed by atoms with Crippen molar-refractivity contribution >= 4 is 15.9 Å². The second-order valence-corrected chi connectivity index (χ2v) is 6.68. The second kappa shape index (κ2) is 6.92. The fourth-order valence-electron chi connectivity index (χ4n) is 2.14. The number of nitrogens with one attached hydrogen (secondary N) is 1. The number of hydrogen-bond acceptors (Lipinski definition) is 3. The molecule has 0 heterocycles. The lowest BCUT2D eigenvalue weighted by Crippen LogP contribution is -2.38. The monoisotopic (exact) mass is 273 g/mol. The molecule has 0 radical (unpaired) electrons. The topological polar surface area (TPSA) is 63.2 Å². The highest BCUT2D eigenvalue weighted by Gasteiger charge is 2.24. The SMILES string of the molecule is CCC(CC)CS(=O)(=O)NC(=O)[C@@H]1CC=CCC1. The van der Waals surface area contributed by atoms with Gasteiger partial charge in [-0.1, -0.05) is 38.8 Å². The van der Waals surface area contributed by atoms with Gasteiger partial charge in [-0.2, -0.15) is 0 Å². The largest absolute Gasteiger partial charge is 0.274 e. The summed E-state index contributed by atoms with van der Waals surface area (Å²) in [6.07, 6.45) is 7.85. The lowest BCUT2D eigenvalue weighted by molar-refractivity contribution is -0.123. The molecule has 5 heteroatoms. The number of carbonyl (C=O) groups is 1. The van der Waals surface area contributed by atoms with Crippen LogP contribution in [0, 0.1) is 11.8 Å². The molecule has 18 heavy (non-hydrogen) atoms. The summed E-state index contributed by atoms with van der Waals surface area (Å²) in [4.78, 5) is 11.8. The Kier molecular flexibility index (Phi) is 5.85. The zero-order chi connectivity index (χ0) is 13.6. The summed E-state index contributed by atoms with van der Waals surface area (Å²) in [5.74, 6) is -0.354. The molecule has 0 aliphatic heterocycles. The molecular weight excluding hydrogens is 250 g/mol. The van der Waals surface area contributed by atoms with Gasteiger partial charge in [0.05, 0.1) is 5.75 Å². The molecule has 0 unspecified atom stereocenters. The van der Waals surface area contributed by atoms with Crippen molar-refractivity contribution < 1.29 is 13.2 Å². The van der Waals surface area contributed by atoms with Gasteiger partial charge >= 0.3 is 0 Å². The first-order valence-corrected chi connectivity index (χ1v) is 8.33. The number of rotatable bonds is 6. The van der Waals surface area contributed by atoms with Gasteiger partial charge in [-0.25, -0.2) is 8.42 Å². The van der Waals surface area contributed by atoms with Crippen LogP contribution in [-0.4, -0.2) is 20.1 Å². The van der Waals surface area contributed by atoms with Crippen molar-refractivity contribution in [1.29, 1.82) is 0 Å². The number of amides is 1. The average Bonchev–Trinajstić information content (AvgIpc) is 2.36. The van der Waals surface area contributed by atoms with Gasteiger partial charge in [0, 0.05) is 5.92 Å². The third-order valence-corrected chi connectivity index (χ3v) is 4.93. The fourth-order valence-corrected chi connectivity index (χ4v) is 3.79. The highest BCUT2D eigenvalue weighted by Crippen LogP contribution is 2.18. The number of allylic oxidation sites excluding steroid dienone is 2. The van der Waals surface area contributed by atoms with Crippen molar-refractivity contribution in [3.05, 3.63) is 12.2 Å². The van der Waals surface area contributed by atoms with E-state index < -0.39 is 10.0 Å². The molecule has 104 valence electrons. The van der Waals surface area contributed by atoms with Crippen molar-refractivity contribution in [3.8, 4) is 0 Å². The van der Waals surface area contributed by atoms with E-state index in [2.05, 4.69) is 4.72 Å². The van der Waals surface area contributed by atoms with E-state index in [-0.39, 0.29) is 23.5 Å². The number of hydrogen-bond donors (Lipinski definition) is 1. The summed E-state index contributed by atoms with van der Waals surface area (Å²) in [7, 11) is -3.48. The molecule has 0 bridgehead atoms. The third kappa shape index (κ3) is 4.80. The van der Waals surface area contributed by atoms with E-state index in [1.54, 1.807) is 0 Å². The molecule has 1 amide bonds. The molecule has 0 saturated heterocycles. The first kappa shape index (κ1) is 15.2. The zero-order valence-corrected chi connectivity index (χ0v) is 12.0. The Balaban J connectivity index is 2.54. The predicted molar refractivity (Wildman–Crippen MR) is 72.5 cm³/mol. The first-order valence-electron chi connectivity index (χ1n) is 6.67. The minimum atomic E-state index is -3.48. The van der Waals surface area contributed by atoms with E-state index in [1.165, 1.54) is 0 Å². The van der Waals surface area contributed by atoms with E-state index in [0.29, 0.717) is 6.42 Å². The third-order valence-electron chi connectivity index (χ3n) is 3.51. The van der Waals surface area contributed by atoms with Crippen LogP contribution in [0.15, 0.2) is 12.2 Å². The maximum absolute atomic E-state index is 11.9. The zero-order valence-electron chi connectivity index (χ0n) is 11.2. The molecule has 0 aromatic heterocycles. The van der Waals surface area contributed by atoms with Crippen LogP contribution in [0.1, 0.15) is 46.0 Å². The van der Waals surface area contributed by atoms with Crippen LogP contribution in [0.4, 0.5) is 0 Å². The van der Waals surface area contributed by atoms with Crippen molar-refractivity contribution in [3.63, 3.8) is 0 Å². The van der Waals surface area contributed by atoms with Crippen LogP contribution in [0.25, 0.3) is 0 Å². The molecule has 0 aromatic rings. The lowest BCUT2D eigenvalue weighted by Gasteiger charge is -2.18. The molecule has 0 fully saturated rings. The standard InChI is InChI=1S/C13H23NO3S/c1-3-11(4-2)10-18(16,17)14-13(15)12-8-6-5-7-9-12/h5-6,11-12H,3-4,7-10H2,1-2H3,(H,14,15)/t12-/m1/s1. The number of carbonyl (C=O) groups excluding carboxylic acids is 1. The van der Waals surface area contributed by atoms with Crippen molar-refractivity contribution in [1.82, 2.24) is 4.72 Å². The molecule has 1 rings (SSSR count). The molecule has 1 atom stereocenters. The van der Waals surface area contributed by atoms with Gasteiger partial charge in [0.15, 0.2) is 0 Å². The van der Waals surface area contributed by atoms with Gasteiger partial charge in [-0.15, -0.1) is 0 Å². The van der Waals surface area contributed by atoms with Crippen molar-refractivity contribution in [2.45, 2.75) is 46.0 Å². The van der Waals surface area contributed by atoms with E-state index >= 15 is 0 Å². The Labute approximate surface area is 110 Å². The van der Waals surface area contributed by atoms with Gasteiger partial charge < -0.3 is 0 Å². The Hall–Kier alpha value is -0.840. The summed E-state index contributed by atoms with van der Waals surface area (Å²) in [5.41, 5.74) is 0. The van der Waals surface area contributed by atoms with E-state index in [1.807, 2.05) is 26.0 Å². The van der Waals surface area contributed by atoms with E-state index in [0.717, 1.165) is 25.7 Å². The highest BCUT2D eigenvalue weighted by atomic mass is 32.2. The van der Waals surface area contributed by atoms with E-state index in [4.69, 9.17) is 0 Å². The minimum absolute atomic E-state index is 0.0499. The maximum atomic E-state index is 11.9. The summed E-state index contributed by atoms with van der Waals surface area (Å²) in [5, 5.41) is 0. The Morgan fingerprint density at radius 3 is 2.50 bits per heavy atom. The highest BCUT2D eigenvalue weighted by molar-refractivity contribution is 7.90. The van der Waals surface area contributed by atoms with E-state index in [9.17, 15) is 13.2 Å². The van der Waals surface area contributed by atoms with Crippen LogP contribution in [0.5, 0.6) is 0 Å². The molecule has 0 saturated carbocycles. The van der Waals surface area contributed by atoms with Gasteiger partial charge in [0.1, 0.15) is 0 Å². The van der Waals surface area contributed by atoms with Crippen LogP contribution >= 0.6 is 0 Å². The molecule has 4 nitrogen and oxygen atoms in total. The number of sulfonamides is 1. The quantitative estimate of drug-likeness (QED) is 0.755. The maximum Gasteiger partial charge on any atom is 0.236 e. The molecular formula is C13H23NO3S. The van der Waals surface area contributed by atoms with Gasteiger partial charge in [0.25, 0.3) is 0 Å². The molecule has 1 aliphatic carbocycles. The molecule has 1 N–H and O–H groups in total. The summed E-state index contributed by atoms with van der Waals surface area (Å²) in [6.45, 7) is 3.94.